The van der Waals surface area contributed by atoms with E-state index < -0.39 is 0 Å². The maximum atomic E-state index is 13.3. The molecule has 1 N–H and O–H groups in total. The molecule has 0 saturated carbocycles. The number of anilines is 2. The summed E-state index contributed by atoms with van der Waals surface area (Å²) in [5, 5.41) is 2.88. The molecule has 6 heteroatoms. The Bertz CT molecular complexity index is 715. The predicted octanol–water partition coefficient (Wildman–Crippen LogP) is 3.19. The molecule has 24 heavy (non-hydrogen) atoms. The average molecular weight is 329 g/mol. The lowest BCUT2D eigenvalue weighted by atomic mass is 10.2. The van der Waals surface area contributed by atoms with Crippen molar-refractivity contribution in [3.05, 3.63) is 54.3 Å². The molecule has 2 aromatic rings. The van der Waals surface area contributed by atoms with E-state index in [4.69, 9.17) is 4.74 Å². The average Bonchev–Trinajstić information content (AvgIpc) is 2.62. The first-order valence-electron chi connectivity index (χ1n) is 7.86. The Labute approximate surface area is 140 Å². The summed E-state index contributed by atoms with van der Waals surface area (Å²) in [6, 6.07) is 13.7. The number of methoxy groups -OCH3 is 1. The third-order valence-electron chi connectivity index (χ3n) is 4.06. The quantitative estimate of drug-likeness (QED) is 0.940. The van der Waals surface area contributed by atoms with E-state index in [-0.39, 0.29) is 11.8 Å². The molecule has 1 aliphatic heterocycles. The number of ether oxygens (including phenoxy) is 1. The number of amides is 2. The Morgan fingerprint density at radius 3 is 2.54 bits per heavy atom. The second-order valence-corrected chi connectivity index (χ2v) is 5.62. The maximum absolute atomic E-state index is 13.3. The number of halogens is 1. The molecular weight excluding hydrogens is 309 g/mol. The van der Waals surface area contributed by atoms with Crippen LogP contribution in [0.1, 0.15) is 0 Å². The molecule has 0 unspecified atom stereocenters. The fourth-order valence-corrected chi connectivity index (χ4v) is 2.74. The highest BCUT2D eigenvalue weighted by Gasteiger charge is 2.21. The van der Waals surface area contributed by atoms with Gasteiger partial charge in [0.25, 0.3) is 0 Å². The van der Waals surface area contributed by atoms with Crippen molar-refractivity contribution in [1.82, 2.24) is 4.90 Å². The van der Waals surface area contributed by atoms with Crippen molar-refractivity contribution in [3.8, 4) is 5.75 Å². The first kappa shape index (κ1) is 16.1. The van der Waals surface area contributed by atoms with Crippen LogP contribution in [0.15, 0.2) is 48.5 Å². The van der Waals surface area contributed by atoms with Gasteiger partial charge in [0.15, 0.2) is 0 Å². The van der Waals surface area contributed by atoms with E-state index >= 15 is 0 Å². The Hall–Kier alpha value is -2.76. The van der Waals surface area contributed by atoms with Crippen molar-refractivity contribution in [1.29, 1.82) is 0 Å². The number of nitrogens with one attached hydrogen (secondary N) is 1. The molecule has 1 aliphatic rings. The third kappa shape index (κ3) is 3.76. The van der Waals surface area contributed by atoms with Crippen LogP contribution in [0.3, 0.4) is 0 Å². The van der Waals surface area contributed by atoms with Crippen LogP contribution in [-0.4, -0.2) is 44.2 Å². The van der Waals surface area contributed by atoms with Gasteiger partial charge in [-0.1, -0.05) is 12.1 Å². The molecule has 0 spiro atoms. The van der Waals surface area contributed by atoms with Crippen LogP contribution in [0.5, 0.6) is 5.75 Å². The fourth-order valence-electron chi connectivity index (χ4n) is 2.74. The van der Waals surface area contributed by atoms with Crippen LogP contribution in [0.4, 0.5) is 20.6 Å². The summed E-state index contributed by atoms with van der Waals surface area (Å²) < 4.78 is 18.5. The van der Waals surface area contributed by atoms with Crippen LogP contribution in [0.2, 0.25) is 0 Å². The number of benzene rings is 2. The summed E-state index contributed by atoms with van der Waals surface area (Å²) in [5.41, 5.74) is 1.55. The summed E-state index contributed by atoms with van der Waals surface area (Å²) in [7, 11) is 1.59. The van der Waals surface area contributed by atoms with Gasteiger partial charge in [-0.05, 0) is 30.3 Å². The van der Waals surface area contributed by atoms with E-state index in [1.165, 1.54) is 12.1 Å². The minimum absolute atomic E-state index is 0.137. The Balaban J connectivity index is 1.57. The first-order chi connectivity index (χ1) is 11.7. The second kappa shape index (κ2) is 7.21. The summed E-state index contributed by atoms with van der Waals surface area (Å²) in [6.45, 7) is 2.53. The minimum atomic E-state index is -0.245. The van der Waals surface area contributed by atoms with E-state index in [1.807, 2.05) is 24.3 Å². The lowest BCUT2D eigenvalue weighted by Crippen LogP contribution is -2.50. The molecule has 1 fully saturated rings. The van der Waals surface area contributed by atoms with Crippen molar-refractivity contribution in [3.63, 3.8) is 0 Å². The minimum Gasteiger partial charge on any atom is -0.497 e. The number of rotatable bonds is 3. The van der Waals surface area contributed by atoms with Crippen molar-refractivity contribution < 1.29 is 13.9 Å². The normalized spacial score (nSPS) is 14.4. The molecule has 0 radical (unpaired) electrons. The summed E-state index contributed by atoms with van der Waals surface area (Å²) >= 11 is 0. The molecule has 0 aliphatic carbocycles. The number of hydrogen-bond donors (Lipinski definition) is 1. The van der Waals surface area contributed by atoms with Gasteiger partial charge >= 0.3 is 6.03 Å². The highest BCUT2D eigenvalue weighted by atomic mass is 19.1. The van der Waals surface area contributed by atoms with Gasteiger partial charge in [-0.3, -0.25) is 0 Å². The zero-order chi connectivity index (χ0) is 16.9. The Kier molecular flexibility index (Phi) is 4.84. The van der Waals surface area contributed by atoms with Crippen LogP contribution >= 0.6 is 0 Å². The van der Waals surface area contributed by atoms with Crippen molar-refractivity contribution in [2.24, 2.45) is 0 Å². The van der Waals surface area contributed by atoms with Gasteiger partial charge in [0.1, 0.15) is 11.6 Å². The van der Waals surface area contributed by atoms with Gasteiger partial charge in [0.05, 0.1) is 7.11 Å². The standard InChI is InChI=1S/C18H20FN3O2/c1-24-17-7-3-5-15(13-17)20-18(23)22-10-8-21(9-11-22)16-6-2-4-14(19)12-16/h2-7,12-13H,8-11H2,1H3,(H,20,23). The number of nitrogens with zero attached hydrogens (tertiary/aromatic N) is 2. The van der Waals surface area contributed by atoms with Crippen LogP contribution < -0.4 is 15.0 Å². The number of carbonyl (C=O) groups excluding carboxylic acids is 1. The molecule has 3 rings (SSSR count). The molecule has 5 nitrogen and oxygen atoms in total. The molecule has 1 saturated heterocycles. The molecule has 2 aromatic carbocycles. The van der Waals surface area contributed by atoms with Crippen molar-refractivity contribution >= 4 is 17.4 Å². The van der Waals surface area contributed by atoms with Gasteiger partial charge in [-0.15, -0.1) is 0 Å². The van der Waals surface area contributed by atoms with Crippen LogP contribution in [0.25, 0.3) is 0 Å². The predicted molar refractivity (Wildman–Crippen MR) is 92.2 cm³/mol. The van der Waals surface area contributed by atoms with Crippen LogP contribution in [0, 0.1) is 5.82 Å². The monoisotopic (exact) mass is 329 g/mol. The molecule has 0 aromatic heterocycles. The highest BCUT2D eigenvalue weighted by molar-refractivity contribution is 5.89. The lowest BCUT2D eigenvalue weighted by Gasteiger charge is -2.36. The molecular formula is C18H20FN3O2. The second-order valence-electron chi connectivity index (χ2n) is 5.62. The van der Waals surface area contributed by atoms with Crippen molar-refractivity contribution in [2.75, 3.05) is 43.5 Å². The lowest BCUT2D eigenvalue weighted by molar-refractivity contribution is 0.208. The van der Waals surface area contributed by atoms with Crippen LogP contribution in [-0.2, 0) is 0 Å². The maximum Gasteiger partial charge on any atom is 0.321 e. The topological polar surface area (TPSA) is 44.8 Å². The summed E-state index contributed by atoms with van der Waals surface area (Å²) in [4.78, 5) is 16.2. The summed E-state index contributed by atoms with van der Waals surface area (Å²) in [6.07, 6.45) is 0. The van der Waals surface area contributed by atoms with Gasteiger partial charge in [-0.2, -0.15) is 0 Å². The molecule has 0 atom stereocenters. The van der Waals surface area contributed by atoms with Gasteiger partial charge in [-0.25, -0.2) is 9.18 Å². The molecule has 1 heterocycles. The first-order valence-corrected chi connectivity index (χ1v) is 7.86. The molecule has 126 valence electrons. The van der Waals surface area contributed by atoms with Gasteiger partial charge in [0, 0.05) is 43.6 Å². The molecule has 2 amide bonds. The third-order valence-corrected chi connectivity index (χ3v) is 4.06. The Morgan fingerprint density at radius 1 is 1.08 bits per heavy atom. The van der Waals surface area contributed by atoms with E-state index in [9.17, 15) is 9.18 Å². The molecule has 0 bridgehead atoms. The van der Waals surface area contributed by atoms with Gasteiger partial charge in [0.2, 0.25) is 0 Å². The van der Waals surface area contributed by atoms with E-state index in [0.29, 0.717) is 37.6 Å². The van der Waals surface area contributed by atoms with E-state index in [1.54, 1.807) is 24.1 Å². The zero-order valence-corrected chi connectivity index (χ0v) is 13.5. The number of piperazine rings is 1. The number of carbonyl (C=O) groups is 1. The number of hydrogen-bond acceptors (Lipinski definition) is 3. The largest absolute Gasteiger partial charge is 0.497 e. The van der Waals surface area contributed by atoms with E-state index in [2.05, 4.69) is 10.2 Å². The Morgan fingerprint density at radius 2 is 1.83 bits per heavy atom. The fraction of sp³-hybridized carbons (Fsp3) is 0.278. The highest BCUT2D eigenvalue weighted by Crippen LogP contribution is 2.19. The van der Waals surface area contributed by atoms with Gasteiger partial charge < -0.3 is 19.9 Å². The zero-order valence-electron chi connectivity index (χ0n) is 13.5. The number of urea groups is 1. The van der Waals surface area contributed by atoms with Crippen molar-refractivity contribution in [2.45, 2.75) is 0 Å². The smallest absolute Gasteiger partial charge is 0.321 e. The van der Waals surface area contributed by atoms with E-state index in [0.717, 1.165) is 5.69 Å². The SMILES string of the molecule is COc1cccc(NC(=O)N2CCN(c3cccc(F)c3)CC2)c1. The summed E-state index contributed by atoms with van der Waals surface area (Å²) in [5.74, 6) is 0.453.